The molecule has 0 aliphatic carbocycles. The maximum absolute atomic E-state index is 12.3. The van der Waals surface area contributed by atoms with E-state index in [9.17, 15) is 9.59 Å². The van der Waals surface area contributed by atoms with Gasteiger partial charge >= 0.3 is 5.97 Å². The van der Waals surface area contributed by atoms with Crippen molar-refractivity contribution in [2.75, 3.05) is 19.0 Å². The molecule has 2 atom stereocenters. The van der Waals surface area contributed by atoms with Crippen molar-refractivity contribution < 1.29 is 19.1 Å². The fourth-order valence-corrected chi connectivity index (χ4v) is 2.13. The molecule has 0 saturated carbocycles. The number of fused-ring (bicyclic) bond motifs is 1. The van der Waals surface area contributed by atoms with E-state index in [-0.39, 0.29) is 11.8 Å². The predicted molar refractivity (Wildman–Crippen MR) is 78.1 cm³/mol. The van der Waals surface area contributed by atoms with Gasteiger partial charge in [-0.25, -0.2) is 4.79 Å². The molecule has 6 nitrogen and oxygen atoms in total. The van der Waals surface area contributed by atoms with E-state index in [0.717, 1.165) is 5.69 Å². The van der Waals surface area contributed by atoms with Crippen LogP contribution in [-0.4, -0.2) is 37.7 Å². The number of anilines is 1. The molecule has 2 rings (SSSR count). The van der Waals surface area contributed by atoms with E-state index in [1.807, 2.05) is 32.0 Å². The lowest BCUT2D eigenvalue weighted by atomic mass is 10.0. The quantitative estimate of drug-likeness (QED) is 0.815. The van der Waals surface area contributed by atoms with Crippen LogP contribution in [0.5, 0.6) is 5.75 Å². The molecule has 1 amide bonds. The molecule has 0 saturated heterocycles. The number of carbonyl (C=O) groups is 2. The zero-order valence-corrected chi connectivity index (χ0v) is 12.4. The summed E-state index contributed by atoms with van der Waals surface area (Å²) in [7, 11) is 1.30. The molecule has 21 heavy (non-hydrogen) atoms. The number of hydrogen-bond acceptors (Lipinski definition) is 5. The summed E-state index contributed by atoms with van der Waals surface area (Å²) in [4.78, 5) is 23.9. The summed E-state index contributed by atoms with van der Waals surface area (Å²) in [5, 5.41) is 5.83. The van der Waals surface area contributed by atoms with Crippen molar-refractivity contribution in [3.05, 3.63) is 24.3 Å². The SMILES string of the molecule is COC(=O)C(NC(=O)C1CNc2ccccc2O1)C(C)C. The Balaban J connectivity index is 2.03. The van der Waals surface area contributed by atoms with Crippen molar-refractivity contribution in [3.63, 3.8) is 0 Å². The second-order valence-electron chi connectivity index (χ2n) is 5.24. The molecular weight excluding hydrogens is 272 g/mol. The molecule has 0 aromatic heterocycles. The third kappa shape index (κ3) is 3.45. The lowest BCUT2D eigenvalue weighted by Gasteiger charge is -2.28. The fourth-order valence-electron chi connectivity index (χ4n) is 2.13. The van der Waals surface area contributed by atoms with Crippen molar-refractivity contribution in [2.45, 2.75) is 26.0 Å². The Kier molecular flexibility index (Phi) is 4.67. The summed E-state index contributed by atoms with van der Waals surface area (Å²) in [5.41, 5.74) is 0.856. The van der Waals surface area contributed by atoms with Crippen LogP contribution in [0.25, 0.3) is 0 Å². The maximum atomic E-state index is 12.3. The van der Waals surface area contributed by atoms with Crippen LogP contribution in [0.3, 0.4) is 0 Å². The smallest absolute Gasteiger partial charge is 0.328 e. The molecule has 1 aliphatic rings. The monoisotopic (exact) mass is 292 g/mol. The number of benzene rings is 1. The number of ether oxygens (including phenoxy) is 2. The Labute approximate surface area is 123 Å². The van der Waals surface area contributed by atoms with Gasteiger partial charge in [0.1, 0.15) is 11.8 Å². The van der Waals surface area contributed by atoms with Gasteiger partial charge in [-0.1, -0.05) is 26.0 Å². The summed E-state index contributed by atoms with van der Waals surface area (Å²) in [5.74, 6) is -0.225. The Morgan fingerprint density at radius 1 is 1.38 bits per heavy atom. The molecule has 114 valence electrons. The maximum Gasteiger partial charge on any atom is 0.328 e. The fraction of sp³-hybridized carbons (Fsp3) is 0.467. The molecule has 2 N–H and O–H groups in total. The predicted octanol–water partition coefficient (Wildman–Crippen LogP) is 1.17. The largest absolute Gasteiger partial charge is 0.477 e. The van der Waals surface area contributed by atoms with Crippen LogP contribution in [0.2, 0.25) is 0 Å². The first-order valence-electron chi connectivity index (χ1n) is 6.90. The van der Waals surface area contributed by atoms with Gasteiger partial charge in [0.15, 0.2) is 6.10 Å². The van der Waals surface area contributed by atoms with Gasteiger partial charge in [0.05, 0.1) is 19.3 Å². The van der Waals surface area contributed by atoms with Crippen molar-refractivity contribution in [2.24, 2.45) is 5.92 Å². The molecule has 6 heteroatoms. The van der Waals surface area contributed by atoms with Crippen LogP contribution in [0.4, 0.5) is 5.69 Å². The van der Waals surface area contributed by atoms with Crippen LogP contribution in [0.15, 0.2) is 24.3 Å². The molecule has 0 radical (unpaired) electrons. The number of esters is 1. The van der Waals surface area contributed by atoms with Crippen molar-refractivity contribution in [1.29, 1.82) is 0 Å². The minimum atomic E-state index is -0.678. The summed E-state index contributed by atoms with van der Waals surface area (Å²) in [6, 6.07) is 6.73. The second-order valence-corrected chi connectivity index (χ2v) is 5.24. The Bertz CT molecular complexity index is 530. The van der Waals surface area contributed by atoms with E-state index >= 15 is 0 Å². The first-order valence-corrected chi connectivity index (χ1v) is 6.90. The van der Waals surface area contributed by atoms with Gasteiger partial charge in [0.25, 0.3) is 5.91 Å². The zero-order valence-electron chi connectivity index (χ0n) is 12.4. The van der Waals surface area contributed by atoms with E-state index in [2.05, 4.69) is 10.6 Å². The van der Waals surface area contributed by atoms with Gasteiger partial charge in [-0.05, 0) is 18.1 Å². The lowest BCUT2D eigenvalue weighted by molar-refractivity contribution is -0.147. The lowest BCUT2D eigenvalue weighted by Crippen LogP contribution is -2.52. The highest BCUT2D eigenvalue weighted by Crippen LogP contribution is 2.28. The van der Waals surface area contributed by atoms with Gasteiger partial charge in [-0.15, -0.1) is 0 Å². The van der Waals surface area contributed by atoms with E-state index in [1.165, 1.54) is 7.11 Å². The third-order valence-corrected chi connectivity index (χ3v) is 3.35. The molecule has 1 aromatic carbocycles. The van der Waals surface area contributed by atoms with Crippen molar-refractivity contribution in [1.82, 2.24) is 5.32 Å². The first-order chi connectivity index (χ1) is 10.0. The summed E-state index contributed by atoms with van der Waals surface area (Å²) in [6.07, 6.45) is -0.675. The van der Waals surface area contributed by atoms with Gasteiger partial charge in [0, 0.05) is 0 Å². The van der Waals surface area contributed by atoms with E-state index in [4.69, 9.17) is 9.47 Å². The van der Waals surface area contributed by atoms with Gasteiger partial charge in [0.2, 0.25) is 0 Å². The number of hydrogen-bond donors (Lipinski definition) is 2. The third-order valence-electron chi connectivity index (χ3n) is 3.35. The minimum absolute atomic E-state index is 0.0646. The normalized spacial score (nSPS) is 18.0. The van der Waals surface area contributed by atoms with E-state index in [1.54, 1.807) is 6.07 Å². The van der Waals surface area contributed by atoms with E-state index < -0.39 is 18.1 Å². The van der Waals surface area contributed by atoms with Crippen LogP contribution in [-0.2, 0) is 14.3 Å². The Morgan fingerprint density at radius 3 is 2.76 bits per heavy atom. The summed E-state index contributed by atoms with van der Waals surface area (Å²) < 4.78 is 10.4. The Morgan fingerprint density at radius 2 is 2.10 bits per heavy atom. The standard InChI is InChI=1S/C15H20N2O4/c1-9(2)13(15(19)20-3)17-14(18)12-8-16-10-6-4-5-7-11(10)21-12/h4-7,9,12-13,16H,8H2,1-3H3,(H,17,18). The highest BCUT2D eigenvalue weighted by molar-refractivity contribution is 5.88. The molecule has 1 aromatic rings. The molecule has 1 heterocycles. The topological polar surface area (TPSA) is 76.7 Å². The molecule has 1 aliphatic heterocycles. The number of carbonyl (C=O) groups excluding carboxylic acids is 2. The summed E-state index contributed by atoms with van der Waals surface area (Å²) >= 11 is 0. The highest BCUT2D eigenvalue weighted by Gasteiger charge is 2.31. The molecule has 0 spiro atoms. The molecular formula is C15H20N2O4. The number of amides is 1. The van der Waals surface area contributed by atoms with Gasteiger partial charge < -0.3 is 20.1 Å². The van der Waals surface area contributed by atoms with Crippen LogP contribution >= 0.6 is 0 Å². The average molecular weight is 292 g/mol. The second kappa shape index (κ2) is 6.47. The van der Waals surface area contributed by atoms with Crippen molar-refractivity contribution >= 4 is 17.6 Å². The number of nitrogens with one attached hydrogen (secondary N) is 2. The number of methoxy groups -OCH3 is 1. The zero-order chi connectivity index (χ0) is 15.4. The molecule has 2 unspecified atom stereocenters. The highest BCUT2D eigenvalue weighted by atomic mass is 16.5. The van der Waals surface area contributed by atoms with E-state index in [0.29, 0.717) is 12.3 Å². The average Bonchev–Trinajstić information content (AvgIpc) is 2.50. The van der Waals surface area contributed by atoms with Crippen molar-refractivity contribution in [3.8, 4) is 5.75 Å². The minimum Gasteiger partial charge on any atom is -0.477 e. The Hall–Kier alpha value is -2.24. The van der Waals surface area contributed by atoms with Crippen LogP contribution in [0.1, 0.15) is 13.8 Å². The molecule has 0 fully saturated rings. The van der Waals surface area contributed by atoms with Gasteiger partial charge in [-0.2, -0.15) is 0 Å². The summed E-state index contributed by atoms with van der Waals surface area (Å²) in [6.45, 7) is 4.04. The molecule has 0 bridgehead atoms. The number of rotatable bonds is 4. The first kappa shape index (κ1) is 15.2. The number of para-hydroxylation sites is 2. The van der Waals surface area contributed by atoms with Crippen LogP contribution < -0.4 is 15.4 Å². The van der Waals surface area contributed by atoms with Crippen LogP contribution in [0, 0.1) is 5.92 Å². The van der Waals surface area contributed by atoms with Gasteiger partial charge in [-0.3, -0.25) is 4.79 Å².